The van der Waals surface area contributed by atoms with Crippen LogP contribution in [0.2, 0.25) is 0 Å². The highest BCUT2D eigenvalue weighted by molar-refractivity contribution is 5.89. The van der Waals surface area contributed by atoms with Gasteiger partial charge in [0.05, 0.1) is 30.7 Å². The molecular weight excluding hydrogens is 697 g/mol. The monoisotopic (exact) mass is 738 g/mol. The highest BCUT2D eigenvalue weighted by atomic mass is 16.5. The average Bonchev–Trinajstić information content (AvgIpc) is 3.73. The highest BCUT2D eigenvalue weighted by Gasteiger charge is 2.50. The van der Waals surface area contributed by atoms with E-state index in [-0.39, 0.29) is 39.6 Å². The molecule has 0 saturated heterocycles. The first-order chi connectivity index (χ1) is 27.7. The van der Waals surface area contributed by atoms with Gasteiger partial charge in [-0.05, 0) is 97.6 Å². The molecule has 2 aliphatic carbocycles. The van der Waals surface area contributed by atoms with Crippen molar-refractivity contribution < 1.29 is 29.5 Å². The van der Waals surface area contributed by atoms with Crippen LogP contribution in [0.4, 0.5) is 0 Å². The van der Waals surface area contributed by atoms with Crippen molar-refractivity contribution in [2.75, 3.05) is 39.6 Å². The molecule has 0 unspecified atom stereocenters. The van der Waals surface area contributed by atoms with E-state index >= 15 is 0 Å². The van der Waals surface area contributed by atoms with Crippen LogP contribution < -0.4 is 14.2 Å². The first-order valence-corrected chi connectivity index (χ1v) is 19.1. The number of benzene rings is 7. The zero-order chi connectivity index (χ0) is 38.1. The van der Waals surface area contributed by atoms with E-state index in [4.69, 9.17) is 14.2 Å². The smallest absolute Gasteiger partial charge is 0.124 e. The molecule has 278 valence electrons. The van der Waals surface area contributed by atoms with Crippen molar-refractivity contribution >= 4 is 0 Å². The van der Waals surface area contributed by atoms with Gasteiger partial charge in [0.2, 0.25) is 0 Å². The first kappa shape index (κ1) is 35.5. The van der Waals surface area contributed by atoms with Crippen LogP contribution in [-0.4, -0.2) is 55.0 Å². The van der Waals surface area contributed by atoms with Crippen molar-refractivity contribution in [2.24, 2.45) is 0 Å². The summed E-state index contributed by atoms with van der Waals surface area (Å²) in [5.74, 6) is 2.04. The normalized spacial score (nSPS) is 14.0. The maximum absolute atomic E-state index is 10.1. The molecule has 0 heterocycles. The Morgan fingerprint density at radius 2 is 0.696 bits per heavy atom. The largest absolute Gasteiger partial charge is 0.491 e. The van der Waals surface area contributed by atoms with Gasteiger partial charge in [-0.15, -0.1) is 0 Å². The van der Waals surface area contributed by atoms with E-state index in [0.717, 1.165) is 44.5 Å². The predicted molar refractivity (Wildman–Crippen MR) is 219 cm³/mol. The van der Waals surface area contributed by atoms with E-state index in [2.05, 4.69) is 140 Å². The molecule has 0 amide bonds. The van der Waals surface area contributed by atoms with Crippen LogP contribution in [0.3, 0.4) is 0 Å². The van der Waals surface area contributed by atoms with Gasteiger partial charge in [-0.3, -0.25) is 0 Å². The van der Waals surface area contributed by atoms with Gasteiger partial charge in [-0.2, -0.15) is 0 Å². The lowest BCUT2D eigenvalue weighted by molar-refractivity contribution is 0.199. The molecule has 0 spiro atoms. The molecule has 6 nitrogen and oxygen atoms in total. The Labute approximate surface area is 326 Å². The summed E-state index contributed by atoms with van der Waals surface area (Å²) in [4.78, 5) is 0. The molecule has 0 fully saturated rings. The topological polar surface area (TPSA) is 88.4 Å². The molecule has 0 atom stereocenters. The molecule has 9 rings (SSSR count). The van der Waals surface area contributed by atoms with Crippen molar-refractivity contribution in [3.63, 3.8) is 0 Å². The van der Waals surface area contributed by atoms with Crippen LogP contribution in [0.25, 0.3) is 22.3 Å². The molecule has 0 aromatic heterocycles. The molecule has 7 aromatic carbocycles. The van der Waals surface area contributed by atoms with Gasteiger partial charge in [-0.25, -0.2) is 0 Å². The fourth-order valence-electron chi connectivity index (χ4n) is 9.28. The molecule has 0 radical (unpaired) electrons. The quantitative estimate of drug-likeness (QED) is 0.110. The molecule has 6 heteroatoms. The maximum atomic E-state index is 10.1. The van der Waals surface area contributed by atoms with E-state index < -0.39 is 10.8 Å². The van der Waals surface area contributed by atoms with Gasteiger partial charge in [0.25, 0.3) is 0 Å². The maximum Gasteiger partial charge on any atom is 0.124 e. The van der Waals surface area contributed by atoms with Crippen LogP contribution >= 0.6 is 0 Å². The van der Waals surface area contributed by atoms with Crippen LogP contribution in [0.15, 0.2) is 164 Å². The standard InChI is InChI=1S/C50H42O6/c51-27-30-54-37-22-17-34(18-23-37)49(43-13-5-1-9-39(43)40-10-2-6-14-44(40)49)36-21-26-48(56-32-29-53)47(33-36)50(35-19-24-38(25-20-35)55-31-28-52)45-15-7-3-11-41(45)42-12-4-8-16-46(42)50/h1-26,33,51-53H,27-32H2. The number of hydrogen-bond donors (Lipinski definition) is 3. The minimum absolute atomic E-state index is 0.0632. The Kier molecular flexibility index (Phi) is 9.39. The summed E-state index contributed by atoms with van der Waals surface area (Å²) in [6.45, 7) is 0.286. The third-order valence-electron chi connectivity index (χ3n) is 11.4. The van der Waals surface area contributed by atoms with Gasteiger partial charge in [-0.1, -0.05) is 127 Å². The van der Waals surface area contributed by atoms with Gasteiger partial charge in [0.15, 0.2) is 0 Å². The van der Waals surface area contributed by atoms with Crippen molar-refractivity contribution in [3.05, 3.63) is 208 Å². The van der Waals surface area contributed by atoms with Crippen molar-refractivity contribution in [1.29, 1.82) is 0 Å². The minimum atomic E-state index is -0.829. The Morgan fingerprint density at radius 3 is 1.12 bits per heavy atom. The summed E-state index contributed by atoms with van der Waals surface area (Å²) in [6.07, 6.45) is 0. The SMILES string of the molecule is OCCOc1ccc(C2(c3ccc(OCCO)c(C4(c5ccc(OCCO)cc5)c5ccccc5-c5ccccc54)c3)c3ccccc3-c3ccccc32)cc1. The Bertz CT molecular complexity index is 2410. The number of aliphatic hydroxyl groups excluding tert-OH is 3. The van der Waals surface area contributed by atoms with E-state index in [1.54, 1.807) is 0 Å². The molecule has 56 heavy (non-hydrogen) atoms. The summed E-state index contributed by atoms with van der Waals surface area (Å²) in [5.41, 5.74) is 11.8. The highest BCUT2D eigenvalue weighted by Crippen LogP contribution is 2.61. The predicted octanol–water partition coefficient (Wildman–Crippen LogP) is 8.53. The Morgan fingerprint density at radius 1 is 0.339 bits per heavy atom. The Hall–Kier alpha value is -6.18. The molecule has 0 saturated carbocycles. The third kappa shape index (κ3) is 5.44. The number of rotatable bonds is 13. The second kappa shape index (κ2) is 14.8. The molecule has 7 aromatic rings. The second-order valence-corrected chi connectivity index (χ2v) is 14.2. The first-order valence-electron chi connectivity index (χ1n) is 19.1. The summed E-state index contributed by atoms with van der Waals surface area (Å²) in [5, 5.41) is 29.1. The van der Waals surface area contributed by atoms with E-state index in [9.17, 15) is 15.3 Å². The molecule has 2 aliphatic rings. The van der Waals surface area contributed by atoms with Gasteiger partial charge >= 0.3 is 0 Å². The van der Waals surface area contributed by atoms with Crippen LogP contribution in [0.5, 0.6) is 17.2 Å². The van der Waals surface area contributed by atoms with Crippen molar-refractivity contribution in [3.8, 4) is 39.5 Å². The lowest BCUT2D eigenvalue weighted by Crippen LogP contribution is -2.32. The van der Waals surface area contributed by atoms with Gasteiger partial charge < -0.3 is 29.5 Å². The molecule has 0 aliphatic heterocycles. The zero-order valence-corrected chi connectivity index (χ0v) is 30.9. The third-order valence-corrected chi connectivity index (χ3v) is 11.4. The zero-order valence-electron chi connectivity index (χ0n) is 30.9. The summed E-state index contributed by atoms with van der Waals surface area (Å²) >= 11 is 0. The fraction of sp³-hybridized carbons (Fsp3) is 0.160. The lowest BCUT2D eigenvalue weighted by atomic mass is 9.63. The average molecular weight is 739 g/mol. The summed E-state index contributed by atoms with van der Waals surface area (Å²) in [6, 6.07) is 57.5. The van der Waals surface area contributed by atoms with Gasteiger partial charge in [0.1, 0.15) is 37.1 Å². The molecule has 3 N–H and O–H groups in total. The lowest BCUT2D eigenvalue weighted by Gasteiger charge is -2.38. The van der Waals surface area contributed by atoms with Crippen molar-refractivity contribution in [2.45, 2.75) is 10.8 Å². The Balaban J connectivity index is 1.38. The van der Waals surface area contributed by atoms with E-state index in [1.165, 1.54) is 22.3 Å². The molecule has 0 bridgehead atoms. The number of ether oxygens (including phenoxy) is 3. The van der Waals surface area contributed by atoms with Crippen molar-refractivity contribution in [1.82, 2.24) is 0 Å². The van der Waals surface area contributed by atoms with Crippen LogP contribution in [0, 0.1) is 0 Å². The van der Waals surface area contributed by atoms with E-state index in [0.29, 0.717) is 17.2 Å². The molecular formula is C50H42O6. The van der Waals surface area contributed by atoms with Gasteiger partial charge in [0, 0.05) is 5.56 Å². The van der Waals surface area contributed by atoms with Crippen LogP contribution in [0.1, 0.15) is 44.5 Å². The minimum Gasteiger partial charge on any atom is -0.491 e. The number of fused-ring (bicyclic) bond motifs is 6. The summed E-state index contributed by atoms with van der Waals surface area (Å²) in [7, 11) is 0. The number of hydrogen-bond acceptors (Lipinski definition) is 6. The summed E-state index contributed by atoms with van der Waals surface area (Å²) < 4.78 is 18.3. The second-order valence-electron chi connectivity index (χ2n) is 14.2. The number of aliphatic hydroxyl groups is 3. The fourth-order valence-corrected chi connectivity index (χ4v) is 9.28. The van der Waals surface area contributed by atoms with E-state index in [1.807, 2.05) is 24.3 Å². The van der Waals surface area contributed by atoms with Crippen LogP contribution in [-0.2, 0) is 10.8 Å².